The summed E-state index contributed by atoms with van der Waals surface area (Å²) < 4.78 is 0. The van der Waals surface area contributed by atoms with Crippen LogP contribution in [-0.2, 0) is 11.2 Å². The lowest BCUT2D eigenvalue weighted by Crippen LogP contribution is -2.48. The third-order valence-corrected chi connectivity index (χ3v) is 5.44. The number of guanidine groups is 1. The molecule has 1 aliphatic carbocycles. The molecule has 26 heavy (non-hydrogen) atoms. The van der Waals surface area contributed by atoms with Gasteiger partial charge in [0.25, 0.3) is 0 Å². The predicted octanol–water partition coefficient (Wildman–Crippen LogP) is 1.60. The Labute approximate surface area is 172 Å². The third kappa shape index (κ3) is 4.31. The summed E-state index contributed by atoms with van der Waals surface area (Å²) in [4.78, 5) is 21.3. The minimum absolute atomic E-state index is 0. The second-order valence-electron chi connectivity index (χ2n) is 7.21. The first-order valence-corrected chi connectivity index (χ1v) is 9.34. The number of carbonyl (C=O) groups is 1. The molecule has 1 aromatic rings. The smallest absolute Gasteiger partial charge is 0.246 e. The Morgan fingerprint density at radius 1 is 1.23 bits per heavy atom. The van der Waals surface area contributed by atoms with Crippen molar-refractivity contribution < 1.29 is 4.79 Å². The molecule has 1 aromatic carbocycles. The zero-order chi connectivity index (χ0) is 17.2. The highest BCUT2D eigenvalue weighted by atomic mass is 127. The van der Waals surface area contributed by atoms with Crippen molar-refractivity contribution in [3.8, 4) is 0 Å². The molecule has 6 nitrogen and oxygen atoms in total. The Bertz CT molecular complexity index is 676. The van der Waals surface area contributed by atoms with Crippen LogP contribution in [0.2, 0.25) is 0 Å². The van der Waals surface area contributed by atoms with Crippen LogP contribution >= 0.6 is 24.0 Å². The van der Waals surface area contributed by atoms with Gasteiger partial charge in [-0.2, -0.15) is 0 Å². The van der Waals surface area contributed by atoms with E-state index in [9.17, 15) is 4.79 Å². The number of benzene rings is 1. The fraction of sp³-hybridized carbons (Fsp3) is 0.579. The molecular formula is C19H28IN5O. The van der Waals surface area contributed by atoms with Crippen molar-refractivity contribution in [2.24, 2.45) is 4.99 Å². The first kappa shape index (κ1) is 19.4. The van der Waals surface area contributed by atoms with Gasteiger partial charge >= 0.3 is 0 Å². The second kappa shape index (κ2) is 8.56. The van der Waals surface area contributed by atoms with Crippen molar-refractivity contribution in [3.63, 3.8) is 0 Å². The normalized spacial score (nSPS) is 22.7. The van der Waals surface area contributed by atoms with E-state index >= 15 is 0 Å². The van der Waals surface area contributed by atoms with E-state index in [4.69, 9.17) is 0 Å². The van der Waals surface area contributed by atoms with Crippen LogP contribution in [0, 0.1) is 0 Å². The average Bonchev–Trinajstić information content (AvgIpc) is 3.23. The van der Waals surface area contributed by atoms with Gasteiger partial charge in [-0.1, -0.05) is 18.2 Å². The van der Waals surface area contributed by atoms with Crippen molar-refractivity contribution in [2.75, 3.05) is 38.1 Å². The highest BCUT2D eigenvalue weighted by molar-refractivity contribution is 14.0. The number of rotatable bonds is 4. The molecule has 1 unspecified atom stereocenters. The van der Waals surface area contributed by atoms with Crippen LogP contribution in [-0.4, -0.2) is 62.1 Å². The Hall–Kier alpha value is -1.35. The molecule has 1 amide bonds. The number of likely N-dealkylation sites (tertiary alicyclic amines) is 1. The number of hydrogen-bond donors (Lipinski definition) is 2. The summed E-state index contributed by atoms with van der Waals surface area (Å²) in [5.41, 5.74) is 2.30. The largest absolute Gasteiger partial charge is 0.352 e. The molecule has 0 bridgehead atoms. The number of anilines is 1. The maximum absolute atomic E-state index is 12.6. The molecule has 0 spiro atoms. The summed E-state index contributed by atoms with van der Waals surface area (Å²) in [6.07, 6.45) is 4.79. The van der Waals surface area contributed by atoms with Crippen LogP contribution < -0.4 is 15.5 Å². The number of nitrogens with zero attached hydrogens (tertiary/aromatic N) is 3. The standard InChI is InChI=1S/C19H27N5O.HI/c1-20-19(22-15-9-10-23(13-15)16-6-7-16)21-12-18(25)24-11-8-14-4-2-3-5-17(14)24;/h2-5,15-16H,6-13H2,1H3,(H2,20,21,22);1H. The van der Waals surface area contributed by atoms with Crippen LogP contribution in [0.4, 0.5) is 5.69 Å². The number of para-hydroxylation sites is 1. The molecule has 2 N–H and O–H groups in total. The number of amides is 1. The van der Waals surface area contributed by atoms with Crippen molar-refractivity contribution in [1.29, 1.82) is 0 Å². The molecule has 0 radical (unpaired) electrons. The van der Waals surface area contributed by atoms with Crippen LogP contribution in [0.25, 0.3) is 0 Å². The lowest BCUT2D eigenvalue weighted by Gasteiger charge is -2.21. The second-order valence-corrected chi connectivity index (χ2v) is 7.21. The van der Waals surface area contributed by atoms with Gasteiger partial charge in [0.2, 0.25) is 5.91 Å². The fourth-order valence-corrected chi connectivity index (χ4v) is 3.92. The monoisotopic (exact) mass is 469 g/mol. The van der Waals surface area contributed by atoms with Gasteiger partial charge < -0.3 is 15.5 Å². The lowest BCUT2D eigenvalue weighted by molar-refractivity contribution is -0.117. The zero-order valence-corrected chi connectivity index (χ0v) is 17.6. The van der Waals surface area contributed by atoms with Crippen LogP contribution in [0.3, 0.4) is 0 Å². The molecule has 4 rings (SSSR count). The summed E-state index contributed by atoms with van der Waals surface area (Å²) in [5.74, 6) is 0.822. The third-order valence-electron chi connectivity index (χ3n) is 5.44. The Morgan fingerprint density at radius 2 is 2.04 bits per heavy atom. The lowest BCUT2D eigenvalue weighted by atomic mass is 10.2. The van der Waals surface area contributed by atoms with E-state index in [0.717, 1.165) is 43.6 Å². The minimum Gasteiger partial charge on any atom is -0.352 e. The first-order chi connectivity index (χ1) is 12.2. The highest BCUT2D eigenvalue weighted by Gasteiger charge is 2.34. The van der Waals surface area contributed by atoms with Gasteiger partial charge in [0, 0.05) is 44.5 Å². The molecule has 2 fully saturated rings. The number of halogens is 1. The molecule has 142 valence electrons. The number of fused-ring (bicyclic) bond motifs is 1. The molecule has 2 aliphatic heterocycles. The summed E-state index contributed by atoms with van der Waals surface area (Å²) in [5, 5.41) is 6.66. The predicted molar refractivity (Wildman–Crippen MR) is 115 cm³/mol. The SMILES string of the molecule is CN=C(NCC(=O)N1CCc2ccccc21)NC1CCN(C2CC2)C1.I. The number of hydrogen-bond acceptors (Lipinski definition) is 3. The molecule has 0 aromatic heterocycles. The fourth-order valence-electron chi connectivity index (χ4n) is 3.92. The Kier molecular flexibility index (Phi) is 6.39. The van der Waals surface area contributed by atoms with Gasteiger partial charge in [-0.15, -0.1) is 24.0 Å². The number of aliphatic imine (C=N–C) groups is 1. The Balaban J connectivity index is 0.00000196. The summed E-state index contributed by atoms with van der Waals surface area (Å²) >= 11 is 0. The topological polar surface area (TPSA) is 60.0 Å². The molecule has 3 aliphatic rings. The quantitative estimate of drug-likeness (QED) is 0.400. The number of nitrogens with one attached hydrogen (secondary N) is 2. The van der Waals surface area contributed by atoms with E-state index in [1.54, 1.807) is 7.05 Å². The molecule has 7 heteroatoms. The van der Waals surface area contributed by atoms with Gasteiger partial charge in [-0.3, -0.25) is 14.7 Å². The van der Waals surface area contributed by atoms with Gasteiger partial charge in [0.15, 0.2) is 5.96 Å². The van der Waals surface area contributed by atoms with Crippen molar-refractivity contribution >= 4 is 41.5 Å². The van der Waals surface area contributed by atoms with Gasteiger partial charge in [-0.25, -0.2) is 0 Å². The van der Waals surface area contributed by atoms with E-state index in [-0.39, 0.29) is 36.4 Å². The van der Waals surface area contributed by atoms with E-state index in [1.807, 2.05) is 23.1 Å². The Morgan fingerprint density at radius 3 is 2.81 bits per heavy atom. The summed E-state index contributed by atoms with van der Waals surface area (Å²) in [7, 11) is 1.76. The summed E-state index contributed by atoms with van der Waals surface area (Å²) in [6, 6.07) is 9.39. The van der Waals surface area contributed by atoms with E-state index in [2.05, 4.69) is 26.6 Å². The maximum atomic E-state index is 12.6. The maximum Gasteiger partial charge on any atom is 0.246 e. The zero-order valence-electron chi connectivity index (χ0n) is 15.3. The van der Waals surface area contributed by atoms with Crippen LogP contribution in [0.5, 0.6) is 0 Å². The first-order valence-electron chi connectivity index (χ1n) is 9.34. The van der Waals surface area contributed by atoms with Gasteiger partial charge in [0.05, 0.1) is 6.54 Å². The van der Waals surface area contributed by atoms with Crippen LogP contribution in [0.15, 0.2) is 29.3 Å². The highest BCUT2D eigenvalue weighted by Crippen LogP contribution is 2.30. The summed E-state index contributed by atoms with van der Waals surface area (Å²) in [6.45, 7) is 3.29. The van der Waals surface area contributed by atoms with E-state index in [1.165, 1.54) is 24.9 Å². The van der Waals surface area contributed by atoms with Crippen molar-refractivity contribution in [2.45, 2.75) is 37.8 Å². The molecule has 1 saturated carbocycles. The molecule has 1 atom stereocenters. The number of carbonyl (C=O) groups excluding carboxylic acids is 1. The molecular weight excluding hydrogens is 441 g/mol. The van der Waals surface area contributed by atoms with Gasteiger partial charge in [0.1, 0.15) is 0 Å². The van der Waals surface area contributed by atoms with E-state index in [0.29, 0.717) is 6.04 Å². The van der Waals surface area contributed by atoms with Crippen molar-refractivity contribution in [1.82, 2.24) is 15.5 Å². The average molecular weight is 469 g/mol. The molecule has 2 heterocycles. The molecule has 1 saturated heterocycles. The van der Waals surface area contributed by atoms with Gasteiger partial charge in [-0.05, 0) is 37.3 Å². The van der Waals surface area contributed by atoms with E-state index < -0.39 is 0 Å². The van der Waals surface area contributed by atoms with Crippen molar-refractivity contribution in [3.05, 3.63) is 29.8 Å². The minimum atomic E-state index is 0. The van der Waals surface area contributed by atoms with Crippen LogP contribution in [0.1, 0.15) is 24.8 Å².